The van der Waals surface area contributed by atoms with Crippen LogP contribution in [0.5, 0.6) is 0 Å². The van der Waals surface area contributed by atoms with E-state index < -0.39 is 5.95 Å². The fourth-order valence-electron chi connectivity index (χ4n) is 1.41. The Kier molecular flexibility index (Phi) is 4.89. The van der Waals surface area contributed by atoms with E-state index in [2.05, 4.69) is 17.2 Å². The van der Waals surface area contributed by atoms with Gasteiger partial charge in [0.05, 0.1) is 0 Å². The van der Waals surface area contributed by atoms with E-state index in [1.807, 2.05) is 6.92 Å². The minimum atomic E-state index is -0.631. The van der Waals surface area contributed by atoms with Crippen LogP contribution in [-0.2, 0) is 0 Å². The highest BCUT2D eigenvalue weighted by Crippen LogP contribution is 2.02. The fourth-order valence-corrected chi connectivity index (χ4v) is 1.41. The maximum Gasteiger partial charge on any atom is 0.270 e. The van der Waals surface area contributed by atoms with Crippen LogP contribution in [0.25, 0.3) is 0 Å². The number of amides is 1. The predicted molar refractivity (Wildman–Crippen MR) is 60.6 cm³/mol. The number of nitrogens with one attached hydrogen (secondary N) is 1. The van der Waals surface area contributed by atoms with Crippen molar-refractivity contribution in [2.75, 3.05) is 0 Å². The van der Waals surface area contributed by atoms with Crippen molar-refractivity contribution in [3.8, 4) is 0 Å². The monoisotopic (exact) mass is 224 g/mol. The van der Waals surface area contributed by atoms with Crippen molar-refractivity contribution in [2.45, 2.75) is 39.2 Å². The molecular formula is C12H17FN2O. The highest BCUT2D eigenvalue weighted by molar-refractivity contribution is 5.92. The molecule has 3 nitrogen and oxygen atoms in total. The molecule has 16 heavy (non-hydrogen) atoms. The molecule has 0 bridgehead atoms. The van der Waals surface area contributed by atoms with Gasteiger partial charge in [-0.1, -0.05) is 25.8 Å². The van der Waals surface area contributed by atoms with Gasteiger partial charge in [-0.05, 0) is 25.5 Å². The predicted octanol–water partition coefficient (Wildman–Crippen LogP) is 2.53. The Morgan fingerprint density at radius 3 is 2.94 bits per heavy atom. The van der Waals surface area contributed by atoms with E-state index in [0.717, 1.165) is 19.3 Å². The lowest BCUT2D eigenvalue weighted by Gasteiger charge is -2.12. The van der Waals surface area contributed by atoms with Crippen molar-refractivity contribution in [1.29, 1.82) is 0 Å². The van der Waals surface area contributed by atoms with Gasteiger partial charge in [-0.2, -0.15) is 4.39 Å². The summed E-state index contributed by atoms with van der Waals surface area (Å²) in [7, 11) is 0. The molecule has 1 amide bonds. The summed E-state index contributed by atoms with van der Waals surface area (Å²) in [6.07, 6.45) is 3.09. The molecule has 0 spiro atoms. The number of rotatable bonds is 5. The fraction of sp³-hybridized carbons (Fsp3) is 0.500. The Bertz CT molecular complexity index is 355. The number of aromatic nitrogens is 1. The van der Waals surface area contributed by atoms with Crippen LogP contribution in [0.15, 0.2) is 18.2 Å². The van der Waals surface area contributed by atoms with Gasteiger partial charge in [0.1, 0.15) is 5.69 Å². The summed E-state index contributed by atoms with van der Waals surface area (Å²) in [6, 6.07) is 4.30. The Labute approximate surface area is 95.1 Å². The van der Waals surface area contributed by atoms with Crippen LogP contribution in [0, 0.1) is 5.95 Å². The maximum atomic E-state index is 12.8. The number of hydrogen-bond acceptors (Lipinski definition) is 2. The topological polar surface area (TPSA) is 42.0 Å². The van der Waals surface area contributed by atoms with Gasteiger partial charge < -0.3 is 5.32 Å². The number of carbonyl (C=O) groups is 1. The molecule has 0 aliphatic rings. The van der Waals surface area contributed by atoms with Crippen LogP contribution in [0.4, 0.5) is 4.39 Å². The van der Waals surface area contributed by atoms with Gasteiger partial charge in [-0.15, -0.1) is 0 Å². The highest BCUT2D eigenvalue weighted by atomic mass is 19.1. The molecule has 1 unspecified atom stereocenters. The molecule has 88 valence electrons. The second-order valence-electron chi connectivity index (χ2n) is 3.86. The van der Waals surface area contributed by atoms with Crippen molar-refractivity contribution in [3.63, 3.8) is 0 Å². The van der Waals surface area contributed by atoms with Crippen LogP contribution < -0.4 is 5.32 Å². The first-order valence-electron chi connectivity index (χ1n) is 5.57. The molecule has 1 rings (SSSR count). The Morgan fingerprint density at radius 1 is 1.56 bits per heavy atom. The van der Waals surface area contributed by atoms with E-state index in [9.17, 15) is 9.18 Å². The van der Waals surface area contributed by atoms with Crippen LogP contribution in [0.1, 0.15) is 43.6 Å². The first-order chi connectivity index (χ1) is 7.63. The van der Waals surface area contributed by atoms with Gasteiger partial charge in [-0.3, -0.25) is 4.79 Å². The number of unbranched alkanes of at least 4 members (excludes halogenated alkanes) is 1. The van der Waals surface area contributed by atoms with Gasteiger partial charge in [0.25, 0.3) is 5.91 Å². The Morgan fingerprint density at radius 2 is 2.31 bits per heavy atom. The molecule has 0 saturated carbocycles. The number of halogens is 1. The molecule has 1 atom stereocenters. The zero-order valence-corrected chi connectivity index (χ0v) is 9.66. The third kappa shape index (κ3) is 3.96. The van der Waals surface area contributed by atoms with Gasteiger partial charge in [0.2, 0.25) is 5.95 Å². The van der Waals surface area contributed by atoms with Crippen molar-refractivity contribution in [3.05, 3.63) is 29.8 Å². The smallest absolute Gasteiger partial charge is 0.270 e. The van der Waals surface area contributed by atoms with Gasteiger partial charge in [0, 0.05) is 6.04 Å². The zero-order chi connectivity index (χ0) is 12.0. The molecule has 0 aliphatic carbocycles. The second kappa shape index (κ2) is 6.20. The molecule has 1 aromatic rings. The summed E-state index contributed by atoms with van der Waals surface area (Å²) in [5.74, 6) is -0.947. The van der Waals surface area contributed by atoms with Gasteiger partial charge >= 0.3 is 0 Å². The van der Waals surface area contributed by atoms with E-state index in [-0.39, 0.29) is 17.6 Å². The lowest BCUT2D eigenvalue weighted by molar-refractivity contribution is 0.0931. The largest absolute Gasteiger partial charge is 0.348 e. The third-order valence-electron chi connectivity index (χ3n) is 2.32. The van der Waals surface area contributed by atoms with Crippen LogP contribution in [-0.4, -0.2) is 16.9 Å². The number of hydrogen-bond donors (Lipinski definition) is 1. The third-order valence-corrected chi connectivity index (χ3v) is 2.32. The van der Waals surface area contributed by atoms with Crippen LogP contribution >= 0.6 is 0 Å². The average Bonchev–Trinajstić information content (AvgIpc) is 2.26. The van der Waals surface area contributed by atoms with E-state index >= 15 is 0 Å². The summed E-state index contributed by atoms with van der Waals surface area (Å²) in [4.78, 5) is 15.2. The maximum absolute atomic E-state index is 12.8. The molecule has 0 aromatic carbocycles. The van der Waals surface area contributed by atoms with Crippen molar-refractivity contribution in [1.82, 2.24) is 10.3 Å². The summed E-state index contributed by atoms with van der Waals surface area (Å²) >= 11 is 0. The molecule has 0 aliphatic heterocycles. The van der Waals surface area contributed by atoms with E-state index in [1.54, 1.807) is 0 Å². The first kappa shape index (κ1) is 12.6. The molecule has 0 radical (unpaired) electrons. The van der Waals surface area contributed by atoms with E-state index in [4.69, 9.17) is 0 Å². The lowest BCUT2D eigenvalue weighted by Crippen LogP contribution is -2.33. The molecule has 0 fully saturated rings. The van der Waals surface area contributed by atoms with Crippen molar-refractivity contribution in [2.24, 2.45) is 0 Å². The second-order valence-corrected chi connectivity index (χ2v) is 3.86. The summed E-state index contributed by atoms with van der Waals surface area (Å²) in [6.45, 7) is 4.04. The summed E-state index contributed by atoms with van der Waals surface area (Å²) < 4.78 is 12.8. The van der Waals surface area contributed by atoms with Crippen LogP contribution in [0.2, 0.25) is 0 Å². The van der Waals surface area contributed by atoms with Gasteiger partial charge in [0.15, 0.2) is 0 Å². The zero-order valence-electron chi connectivity index (χ0n) is 9.66. The minimum Gasteiger partial charge on any atom is -0.348 e. The highest BCUT2D eigenvalue weighted by Gasteiger charge is 2.10. The van der Waals surface area contributed by atoms with Crippen molar-refractivity contribution >= 4 is 5.91 Å². The number of pyridine rings is 1. The standard InChI is InChI=1S/C12H17FN2O/c1-3-4-6-9(2)14-12(16)10-7-5-8-11(13)15-10/h5,7-9H,3-4,6H2,1-2H3,(H,14,16). The summed E-state index contributed by atoms with van der Waals surface area (Å²) in [5.41, 5.74) is 0.128. The molecular weight excluding hydrogens is 207 g/mol. The number of nitrogens with zero attached hydrogens (tertiary/aromatic N) is 1. The van der Waals surface area contributed by atoms with Crippen molar-refractivity contribution < 1.29 is 9.18 Å². The molecule has 4 heteroatoms. The quantitative estimate of drug-likeness (QED) is 0.781. The molecule has 1 N–H and O–H groups in total. The lowest BCUT2D eigenvalue weighted by atomic mass is 10.1. The number of carbonyl (C=O) groups excluding carboxylic acids is 1. The average molecular weight is 224 g/mol. The van der Waals surface area contributed by atoms with Gasteiger partial charge in [-0.25, -0.2) is 4.98 Å². The molecule has 1 heterocycles. The normalized spacial score (nSPS) is 12.2. The van der Waals surface area contributed by atoms with E-state index in [1.165, 1.54) is 18.2 Å². The first-order valence-corrected chi connectivity index (χ1v) is 5.57. The molecule has 0 saturated heterocycles. The van der Waals surface area contributed by atoms with Crippen LogP contribution in [0.3, 0.4) is 0 Å². The minimum absolute atomic E-state index is 0.0949. The Balaban J connectivity index is 2.52. The van der Waals surface area contributed by atoms with E-state index in [0.29, 0.717) is 0 Å². The Hall–Kier alpha value is -1.45. The molecule has 1 aromatic heterocycles. The SMILES string of the molecule is CCCCC(C)NC(=O)c1cccc(F)n1. The summed E-state index contributed by atoms with van der Waals surface area (Å²) in [5, 5.41) is 2.79.